The van der Waals surface area contributed by atoms with Gasteiger partial charge in [0.2, 0.25) is 11.9 Å². The van der Waals surface area contributed by atoms with Crippen LogP contribution in [0.3, 0.4) is 0 Å². The van der Waals surface area contributed by atoms with E-state index in [4.69, 9.17) is 5.73 Å². The predicted octanol–water partition coefficient (Wildman–Crippen LogP) is 2.77. The Kier molecular flexibility index (Phi) is 5.35. The Morgan fingerprint density at radius 1 is 1.13 bits per heavy atom. The Balaban J connectivity index is 1.49. The van der Waals surface area contributed by atoms with Crippen LogP contribution < -0.4 is 11.1 Å². The lowest BCUT2D eigenvalue weighted by Gasteiger charge is -2.41. The highest BCUT2D eigenvalue weighted by atomic mass is 19.1. The van der Waals surface area contributed by atoms with E-state index in [0.717, 1.165) is 19.3 Å². The van der Waals surface area contributed by atoms with Gasteiger partial charge in [-0.1, -0.05) is 12.5 Å². The van der Waals surface area contributed by atoms with Crippen molar-refractivity contribution in [3.05, 3.63) is 65.6 Å². The van der Waals surface area contributed by atoms with E-state index in [1.807, 2.05) is 0 Å². The highest BCUT2D eigenvalue weighted by molar-refractivity contribution is 5.77. The normalized spacial score (nSPS) is 14.7. The third-order valence-corrected chi connectivity index (χ3v) is 5.40. The van der Waals surface area contributed by atoms with Crippen molar-refractivity contribution in [3.63, 3.8) is 0 Å². The molecule has 0 bridgehead atoms. The van der Waals surface area contributed by atoms with Gasteiger partial charge in [-0.3, -0.25) is 9.78 Å². The van der Waals surface area contributed by atoms with Gasteiger partial charge in [0.1, 0.15) is 17.3 Å². The molecule has 0 saturated heterocycles. The fraction of sp³-hybridized carbons (Fsp3) is 0.286. The molecule has 1 saturated carbocycles. The number of amides is 1. The molecule has 0 radical (unpaired) electrons. The van der Waals surface area contributed by atoms with E-state index in [-0.39, 0.29) is 29.4 Å². The minimum atomic E-state index is -0.509. The SMILES string of the molecule is NC(=O)Cc1ccc(F)c(-c2cnc(NCC3(c4ncccc4F)CCC3)nn2)c1. The van der Waals surface area contributed by atoms with Gasteiger partial charge in [0.15, 0.2) is 0 Å². The topological polar surface area (TPSA) is 107 Å². The van der Waals surface area contributed by atoms with Crippen molar-refractivity contribution < 1.29 is 13.6 Å². The summed E-state index contributed by atoms with van der Waals surface area (Å²) in [5.41, 5.74) is 6.24. The molecule has 9 heteroatoms. The predicted molar refractivity (Wildman–Crippen MR) is 106 cm³/mol. The lowest BCUT2D eigenvalue weighted by atomic mass is 9.66. The van der Waals surface area contributed by atoms with Crippen LogP contribution in [0.15, 0.2) is 42.7 Å². The van der Waals surface area contributed by atoms with Gasteiger partial charge >= 0.3 is 0 Å². The van der Waals surface area contributed by atoms with Gasteiger partial charge in [-0.05, 0) is 42.7 Å². The Morgan fingerprint density at radius 3 is 2.60 bits per heavy atom. The van der Waals surface area contributed by atoms with E-state index in [1.165, 1.54) is 30.5 Å². The molecule has 154 valence electrons. The molecule has 1 fully saturated rings. The molecule has 1 aliphatic rings. The highest BCUT2D eigenvalue weighted by Crippen LogP contribution is 2.43. The number of rotatable bonds is 7. The molecule has 4 rings (SSSR count). The zero-order valence-electron chi connectivity index (χ0n) is 16.1. The number of nitrogens with zero attached hydrogens (tertiary/aromatic N) is 4. The number of pyridine rings is 1. The van der Waals surface area contributed by atoms with Gasteiger partial charge in [0.25, 0.3) is 0 Å². The van der Waals surface area contributed by atoms with E-state index in [0.29, 0.717) is 17.8 Å². The van der Waals surface area contributed by atoms with E-state index >= 15 is 0 Å². The molecule has 1 aromatic carbocycles. The van der Waals surface area contributed by atoms with Gasteiger partial charge in [-0.25, -0.2) is 13.8 Å². The molecule has 1 amide bonds. The number of aromatic nitrogens is 4. The smallest absolute Gasteiger partial charge is 0.242 e. The van der Waals surface area contributed by atoms with E-state index in [2.05, 4.69) is 25.5 Å². The molecule has 1 aliphatic carbocycles. The van der Waals surface area contributed by atoms with Crippen molar-refractivity contribution in [1.82, 2.24) is 20.2 Å². The van der Waals surface area contributed by atoms with Crippen LogP contribution in [-0.4, -0.2) is 32.6 Å². The van der Waals surface area contributed by atoms with Crippen molar-refractivity contribution in [2.24, 2.45) is 5.73 Å². The Hall–Kier alpha value is -3.49. The maximum Gasteiger partial charge on any atom is 0.242 e. The first-order valence-electron chi connectivity index (χ1n) is 9.58. The number of hydrogen-bond acceptors (Lipinski definition) is 6. The fourth-order valence-electron chi connectivity index (χ4n) is 3.68. The summed E-state index contributed by atoms with van der Waals surface area (Å²) in [6.45, 7) is 0.421. The molecule has 7 nitrogen and oxygen atoms in total. The average molecular weight is 410 g/mol. The molecule has 3 N–H and O–H groups in total. The number of nitrogens with one attached hydrogen (secondary N) is 1. The number of carbonyl (C=O) groups excluding carboxylic acids is 1. The molecular formula is C21H20F2N6O. The number of halogens is 2. The highest BCUT2D eigenvalue weighted by Gasteiger charge is 2.41. The summed E-state index contributed by atoms with van der Waals surface area (Å²) in [7, 11) is 0. The van der Waals surface area contributed by atoms with Crippen molar-refractivity contribution >= 4 is 11.9 Å². The summed E-state index contributed by atoms with van der Waals surface area (Å²) in [5.74, 6) is -1.07. The van der Waals surface area contributed by atoms with Gasteiger partial charge in [0.05, 0.1) is 18.3 Å². The minimum absolute atomic E-state index is 0.0000595. The molecule has 0 unspecified atom stereocenters. The van der Waals surface area contributed by atoms with Crippen molar-refractivity contribution in [3.8, 4) is 11.3 Å². The maximum absolute atomic E-state index is 14.2. The van der Waals surface area contributed by atoms with Gasteiger partial charge in [-0.15, -0.1) is 10.2 Å². The quantitative estimate of drug-likeness (QED) is 0.620. The second kappa shape index (κ2) is 8.10. The second-order valence-electron chi connectivity index (χ2n) is 7.45. The number of hydrogen-bond donors (Lipinski definition) is 2. The van der Waals surface area contributed by atoms with E-state index < -0.39 is 17.1 Å². The van der Waals surface area contributed by atoms with E-state index in [1.54, 1.807) is 12.3 Å². The van der Waals surface area contributed by atoms with Crippen molar-refractivity contribution in [2.75, 3.05) is 11.9 Å². The lowest BCUT2D eigenvalue weighted by Crippen LogP contribution is -2.42. The standard InChI is InChI=1S/C21H20F2N6O/c22-15-5-4-13(10-18(24)30)9-14(15)17-11-26-20(29-28-17)27-12-21(6-2-7-21)19-16(23)3-1-8-25-19/h1,3-5,8-9,11H,2,6-7,10,12H2,(H2,24,30)(H,26,27,29). The summed E-state index contributed by atoms with van der Waals surface area (Å²) in [4.78, 5) is 19.5. The van der Waals surface area contributed by atoms with Crippen LogP contribution in [0.1, 0.15) is 30.5 Å². The molecule has 3 aromatic rings. The summed E-state index contributed by atoms with van der Waals surface area (Å²) < 4.78 is 28.4. The maximum atomic E-state index is 14.2. The van der Waals surface area contributed by atoms with Gasteiger partial charge in [0, 0.05) is 23.7 Å². The van der Waals surface area contributed by atoms with Crippen molar-refractivity contribution in [2.45, 2.75) is 31.1 Å². The van der Waals surface area contributed by atoms with Crippen LogP contribution in [-0.2, 0) is 16.6 Å². The summed E-state index contributed by atoms with van der Waals surface area (Å²) >= 11 is 0. The van der Waals surface area contributed by atoms with E-state index in [9.17, 15) is 13.6 Å². The number of nitrogens with two attached hydrogens (primary N) is 1. The van der Waals surface area contributed by atoms with Crippen LogP contribution in [0.2, 0.25) is 0 Å². The average Bonchev–Trinajstić information content (AvgIpc) is 2.70. The third-order valence-electron chi connectivity index (χ3n) is 5.40. The first-order chi connectivity index (χ1) is 14.5. The lowest BCUT2D eigenvalue weighted by molar-refractivity contribution is -0.117. The van der Waals surface area contributed by atoms with Crippen LogP contribution in [0, 0.1) is 11.6 Å². The summed E-state index contributed by atoms with van der Waals surface area (Å²) in [5, 5.41) is 11.2. The Morgan fingerprint density at radius 2 is 1.97 bits per heavy atom. The van der Waals surface area contributed by atoms with Crippen LogP contribution in [0.25, 0.3) is 11.3 Å². The van der Waals surface area contributed by atoms with Crippen LogP contribution in [0.5, 0.6) is 0 Å². The summed E-state index contributed by atoms with van der Waals surface area (Å²) in [6.07, 6.45) is 5.62. The number of primary amides is 1. The molecule has 0 aliphatic heterocycles. The molecule has 0 spiro atoms. The third kappa shape index (κ3) is 3.96. The number of carbonyl (C=O) groups is 1. The van der Waals surface area contributed by atoms with Gasteiger partial charge < -0.3 is 11.1 Å². The molecule has 2 aromatic heterocycles. The number of anilines is 1. The monoisotopic (exact) mass is 410 g/mol. The number of benzene rings is 1. The summed E-state index contributed by atoms with van der Waals surface area (Å²) in [6, 6.07) is 7.24. The molecule has 0 atom stereocenters. The minimum Gasteiger partial charge on any atom is -0.369 e. The zero-order valence-corrected chi connectivity index (χ0v) is 16.1. The van der Waals surface area contributed by atoms with Crippen LogP contribution in [0.4, 0.5) is 14.7 Å². The van der Waals surface area contributed by atoms with Crippen LogP contribution >= 0.6 is 0 Å². The Labute approximate surface area is 171 Å². The second-order valence-corrected chi connectivity index (χ2v) is 7.45. The Bertz CT molecular complexity index is 1070. The van der Waals surface area contributed by atoms with Crippen molar-refractivity contribution in [1.29, 1.82) is 0 Å². The molecule has 30 heavy (non-hydrogen) atoms. The van der Waals surface area contributed by atoms with Gasteiger partial charge in [-0.2, -0.15) is 0 Å². The largest absolute Gasteiger partial charge is 0.369 e. The molecular weight excluding hydrogens is 390 g/mol. The first kappa shape index (κ1) is 19.8. The fourth-order valence-corrected chi connectivity index (χ4v) is 3.68. The molecule has 2 heterocycles. The zero-order chi connectivity index (χ0) is 21.1. The first-order valence-corrected chi connectivity index (χ1v) is 9.58.